The molecular weight excluding hydrogens is 168 g/mol. The first-order valence-corrected chi connectivity index (χ1v) is 4.67. The predicted octanol–water partition coefficient (Wildman–Crippen LogP) is 0.267. The molecule has 0 aliphatic heterocycles. The van der Waals surface area contributed by atoms with Crippen LogP contribution in [0, 0.1) is 0 Å². The molecule has 1 atom stereocenters. The average molecular weight is 188 g/mol. The quantitative estimate of drug-likeness (QED) is 0.537. The lowest BCUT2D eigenvalue weighted by Crippen LogP contribution is -2.31. The molecule has 4 nitrogen and oxygen atoms in total. The number of nitrogens with two attached hydrogens (primary N) is 1. The normalized spacial score (nSPS) is 12.8. The van der Waals surface area contributed by atoms with Crippen LogP contribution in [0.2, 0.25) is 0 Å². The fourth-order valence-corrected chi connectivity index (χ4v) is 1.09. The second-order valence-corrected chi connectivity index (χ2v) is 3.23. The van der Waals surface area contributed by atoms with Gasteiger partial charge in [0.15, 0.2) is 0 Å². The topological polar surface area (TPSA) is 64.3 Å². The molecule has 0 heterocycles. The third-order valence-corrected chi connectivity index (χ3v) is 1.78. The molecule has 0 aromatic heterocycles. The molecule has 0 aromatic rings. The molecule has 0 radical (unpaired) electrons. The Morgan fingerprint density at radius 1 is 1.54 bits per heavy atom. The van der Waals surface area contributed by atoms with Gasteiger partial charge in [0.1, 0.15) is 0 Å². The number of hydrogen-bond donors (Lipinski definition) is 2. The number of carbonyl (C=O) groups is 1. The molecule has 4 heteroatoms. The molecule has 1 unspecified atom stereocenters. The number of hydrogen-bond acceptors (Lipinski definition) is 3. The van der Waals surface area contributed by atoms with Gasteiger partial charge in [0.25, 0.3) is 0 Å². The third-order valence-electron chi connectivity index (χ3n) is 1.78. The van der Waals surface area contributed by atoms with E-state index in [1.807, 2.05) is 6.92 Å². The van der Waals surface area contributed by atoms with Gasteiger partial charge in [0.2, 0.25) is 5.91 Å². The number of carbonyl (C=O) groups excluding carboxylic acids is 1. The minimum Gasteiger partial charge on any atom is -0.385 e. The molecule has 0 aromatic carbocycles. The first kappa shape index (κ1) is 12.4. The maximum absolute atomic E-state index is 10.5. The van der Waals surface area contributed by atoms with Gasteiger partial charge in [-0.15, -0.1) is 0 Å². The third kappa shape index (κ3) is 9.30. The van der Waals surface area contributed by atoms with E-state index in [0.29, 0.717) is 6.42 Å². The van der Waals surface area contributed by atoms with Crippen molar-refractivity contribution in [2.45, 2.75) is 32.2 Å². The van der Waals surface area contributed by atoms with Gasteiger partial charge in [-0.05, 0) is 26.3 Å². The van der Waals surface area contributed by atoms with Gasteiger partial charge in [-0.1, -0.05) is 0 Å². The van der Waals surface area contributed by atoms with Crippen LogP contribution in [0.5, 0.6) is 0 Å². The van der Waals surface area contributed by atoms with E-state index >= 15 is 0 Å². The van der Waals surface area contributed by atoms with Crippen molar-refractivity contribution in [1.29, 1.82) is 0 Å². The Morgan fingerprint density at radius 2 is 2.23 bits per heavy atom. The second-order valence-electron chi connectivity index (χ2n) is 3.23. The van der Waals surface area contributed by atoms with E-state index in [1.165, 1.54) is 0 Å². The summed E-state index contributed by atoms with van der Waals surface area (Å²) in [5.74, 6) is -0.253. The summed E-state index contributed by atoms with van der Waals surface area (Å²) in [4.78, 5) is 10.5. The van der Waals surface area contributed by atoms with Gasteiger partial charge < -0.3 is 15.8 Å². The highest BCUT2D eigenvalue weighted by Gasteiger charge is 2.03. The molecule has 0 saturated heterocycles. The number of unbranched alkanes of at least 4 members (excludes halogenated alkanes) is 1. The molecule has 0 spiro atoms. The number of nitrogens with one attached hydrogen (secondary N) is 1. The van der Waals surface area contributed by atoms with Gasteiger partial charge in [-0.25, -0.2) is 0 Å². The molecule has 0 saturated carbocycles. The van der Waals surface area contributed by atoms with Gasteiger partial charge in [0.05, 0.1) is 0 Å². The Labute approximate surface area is 79.8 Å². The van der Waals surface area contributed by atoms with E-state index < -0.39 is 0 Å². The second kappa shape index (κ2) is 8.01. The van der Waals surface area contributed by atoms with Crippen LogP contribution >= 0.6 is 0 Å². The number of methoxy groups -OCH3 is 1. The lowest BCUT2D eigenvalue weighted by molar-refractivity contribution is -0.118. The van der Waals surface area contributed by atoms with Gasteiger partial charge in [-0.3, -0.25) is 4.79 Å². The standard InChI is InChI=1S/C9H20N2O2/c1-8(7-9(10)12)11-5-3-4-6-13-2/h8,11H,3-7H2,1-2H3,(H2,10,12). The minimum absolute atomic E-state index is 0.181. The summed E-state index contributed by atoms with van der Waals surface area (Å²) >= 11 is 0. The Morgan fingerprint density at radius 3 is 2.77 bits per heavy atom. The zero-order valence-corrected chi connectivity index (χ0v) is 8.51. The van der Waals surface area contributed by atoms with Crippen molar-refractivity contribution in [3.05, 3.63) is 0 Å². The summed E-state index contributed by atoms with van der Waals surface area (Å²) in [5.41, 5.74) is 5.05. The van der Waals surface area contributed by atoms with Crippen LogP contribution in [0.25, 0.3) is 0 Å². The Kier molecular flexibility index (Phi) is 7.63. The maximum atomic E-state index is 10.5. The number of ether oxygens (including phenoxy) is 1. The summed E-state index contributed by atoms with van der Waals surface area (Å²) in [7, 11) is 1.70. The number of rotatable bonds is 8. The minimum atomic E-state index is -0.253. The fourth-order valence-electron chi connectivity index (χ4n) is 1.09. The Hall–Kier alpha value is -0.610. The van der Waals surface area contributed by atoms with Crippen molar-refractivity contribution in [2.75, 3.05) is 20.3 Å². The molecule has 1 amide bonds. The maximum Gasteiger partial charge on any atom is 0.218 e. The first-order chi connectivity index (χ1) is 6.16. The van der Waals surface area contributed by atoms with Crippen molar-refractivity contribution in [2.24, 2.45) is 5.73 Å². The van der Waals surface area contributed by atoms with E-state index in [-0.39, 0.29) is 11.9 Å². The summed E-state index contributed by atoms with van der Waals surface area (Å²) in [6, 6.07) is 0.181. The molecular formula is C9H20N2O2. The van der Waals surface area contributed by atoms with Crippen LogP contribution in [0.1, 0.15) is 26.2 Å². The van der Waals surface area contributed by atoms with Crippen LogP contribution in [0.15, 0.2) is 0 Å². The molecule has 78 valence electrons. The molecule has 0 bridgehead atoms. The molecule has 13 heavy (non-hydrogen) atoms. The number of amides is 1. The van der Waals surface area contributed by atoms with Gasteiger partial charge >= 0.3 is 0 Å². The van der Waals surface area contributed by atoms with Crippen LogP contribution in [-0.2, 0) is 9.53 Å². The summed E-state index contributed by atoms with van der Waals surface area (Å²) in [6.07, 6.45) is 2.52. The molecule has 0 aliphatic rings. The van der Waals surface area contributed by atoms with E-state index in [4.69, 9.17) is 10.5 Å². The van der Waals surface area contributed by atoms with Crippen molar-refractivity contribution in [1.82, 2.24) is 5.32 Å². The Balaban J connectivity index is 3.17. The van der Waals surface area contributed by atoms with Crippen LogP contribution < -0.4 is 11.1 Å². The molecule has 3 N–H and O–H groups in total. The van der Waals surface area contributed by atoms with Crippen molar-refractivity contribution in [3.63, 3.8) is 0 Å². The van der Waals surface area contributed by atoms with Crippen LogP contribution in [0.3, 0.4) is 0 Å². The summed E-state index contributed by atoms with van der Waals surface area (Å²) in [5, 5.41) is 3.22. The van der Waals surface area contributed by atoms with Crippen molar-refractivity contribution >= 4 is 5.91 Å². The largest absolute Gasteiger partial charge is 0.385 e. The predicted molar refractivity (Wildman–Crippen MR) is 52.4 cm³/mol. The van der Waals surface area contributed by atoms with E-state index in [2.05, 4.69) is 5.32 Å². The molecule has 0 aliphatic carbocycles. The molecule has 0 rings (SSSR count). The highest BCUT2D eigenvalue weighted by Crippen LogP contribution is 1.91. The first-order valence-electron chi connectivity index (χ1n) is 4.67. The van der Waals surface area contributed by atoms with Crippen LogP contribution in [0.4, 0.5) is 0 Å². The van der Waals surface area contributed by atoms with Gasteiger partial charge in [-0.2, -0.15) is 0 Å². The SMILES string of the molecule is COCCCCNC(C)CC(N)=O. The average Bonchev–Trinajstić information content (AvgIpc) is 2.02. The Bertz CT molecular complexity index is 140. The highest BCUT2D eigenvalue weighted by molar-refractivity contribution is 5.74. The van der Waals surface area contributed by atoms with Crippen LogP contribution in [-0.4, -0.2) is 32.2 Å². The zero-order valence-electron chi connectivity index (χ0n) is 8.51. The number of primary amides is 1. The lowest BCUT2D eigenvalue weighted by Gasteiger charge is -2.11. The van der Waals surface area contributed by atoms with Gasteiger partial charge in [0, 0.05) is 26.2 Å². The summed E-state index contributed by atoms with van der Waals surface area (Å²) < 4.78 is 4.91. The fraction of sp³-hybridized carbons (Fsp3) is 0.889. The smallest absolute Gasteiger partial charge is 0.218 e. The zero-order chi connectivity index (χ0) is 10.1. The lowest BCUT2D eigenvalue weighted by atomic mass is 10.2. The van der Waals surface area contributed by atoms with E-state index in [9.17, 15) is 4.79 Å². The highest BCUT2D eigenvalue weighted by atomic mass is 16.5. The van der Waals surface area contributed by atoms with E-state index in [1.54, 1.807) is 7.11 Å². The monoisotopic (exact) mass is 188 g/mol. The van der Waals surface area contributed by atoms with E-state index in [0.717, 1.165) is 26.0 Å². The van der Waals surface area contributed by atoms with Crippen molar-refractivity contribution in [3.8, 4) is 0 Å². The van der Waals surface area contributed by atoms with Crippen molar-refractivity contribution < 1.29 is 9.53 Å². The summed E-state index contributed by atoms with van der Waals surface area (Å²) in [6.45, 7) is 3.67. The molecule has 0 fully saturated rings.